The fourth-order valence-corrected chi connectivity index (χ4v) is 4.12. The van der Waals surface area contributed by atoms with Gasteiger partial charge in [0.2, 0.25) is 0 Å². The molecule has 3 rings (SSSR count). The van der Waals surface area contributed by atoms with Crippen LogP contribution in [0.3, 0.4) is 0 Å². The Morgan fingerprint density at radius 1 is 1.12 bits per heavy atom. The molecule has 0 N–H and O–H groups in total. The van der Waals surface area contributed by atoms with Gasteiger partial charge in [-0.25, -0.2) is 17.2 Å². The topological polar surface area (TPSA) is 90.7 Å². The molecule has 0 unspecified atom stereocenters. The molecular weight excluding hydrogens is 452 g/mol. The van der Waals surface area contributed by atoms with E-state index in [2.05, 4.69) is 0 Å². The van der Waals surface area contributed by atoms with E-state index < -0.39 is 27.4 Å². The van der Waals surface area contributed by atoms with Crippen LogP contribution in [0.4, 0.5) is 14.5 Å². The van der Waals surface area contributed by atoms with Crippen LogP contribution in [0, 0.1) is 28.9 Å². The summed E-state index contributed by atoms with van der Waals surface area (Å²) in [5.74, 6) is -1.42. The summed E-state index contributed by atoms with van der Waals surface area (Å²) in [7, 11) is -3.53. The number of amides is 1. The van der Waals surface area contributed by atoms with Crippen LogP contribution in [0.25, 0.3) is 0 Å². The second kappa shape index (κ2) is 9.75. The van der Waals surface area contributed by atoms with Crippen molar-refractivity contribution < 1.29 is 26.7 Å². The summed E-state index contributed by atoms with van der Waals surface area (Å²) >= 11 is 0. The number of piperazine rings is 1. The lowest BCUT2D eigenvalue weighted by atomic mass is 10.1. The fraction of sp³-hybridized carbons (Fsp3) is 0.391. The molecule has 0 aliphatic carbocycles. The number of rotatable bonds is 6. The lowest BCUT2D eigenvalue weighted by Crippen LogP contribution is -2.49. The maximum absolute atomic E-state index is 14.4. The zero-order valence-electron chi connectivity index (χ0n) is 18.6. The second-order valence-corrected chi connectivity index (χ2v) is 10.3. The van der Waals surface area contributed by atoms with E-state index in [1.165, 1.54) is 23.1 Å². The van der Waals surface area contributed by atoms with Crippen LogP contribution < -0.4 is 9.64 Å². The Morgan fingerprint density at radius 2 is 1.79 bits per heavy atom. The molecule has 176 valence electrons. The third-order valence-corrected chi connectivity index (χ3v) is 6.36. The van der Waals surface area contributed by atoms with E-state index in [0.29, 0.717) is 12.4 Å². The van der Waals surface area contributed by atoms with Gasteiger partial charge in [0.05, 0.1) is 28.3 Å². The predicted octanol–water partition coefficient (Wildman–Crippen LogP) is 3.24. The molecule has 1 fully saturated rings. The number of sulfone groups is 1. The molecular formula is C23H25F2N3O4S. The molecule has 1 aliphatic heterocycles. The minimum Gasteiger partial charge on any atom is -0.492 e. The molecule has 1 aliphatic rings. The van der Waals surface area contributed by atoms with Crippen LogP contribution >= 0.6 is 0 Å². The number of nitriles is 1. The molecule has 1 saturated heterocycles. The first kappa shape index (κ1) is 24.5. The average Bonchev–Trinajstić information content (AvgIpc) is 2.77. The molecule has 0 bridgehead atoms. The summed E-state index contributed by atoms with van der Waals surface area (Å²) < 4.78 is 58.1. The van der Waals surface area contributed by atoms with Gasteiger partial charge in [0.15, 0.2) is 9.84 Å². The van der Waals surface area contributed by atoms with Crippen molar-refractivity contribution in [1.29, 1.82) is 5.26 Å². The van der Waals surface area contributed by atoms with Gasteiger partial charge in [0, 0.05) is 38.5 Å². The summed E-state index contributed by atoms with van der Waals surface area (Å²) in [6, 6.07) is 7.65. The summed E-state index contributed by atoms with van der Waals surface area (Å²) in [6.45, 7) is 5.17. The Kier molecular flexibility index (Phi) is 7.22. The van der Waals surface area contributed by atoms with Crippen LogP contribution in [0.2, 0.25) is 0 Å². The molecule has 0 saturated carbocycles. The highest BCUT2D eigenvalue weighted by molar-refractivity contribution is 7.90. The Morgan fingerprint density at radius 3 is 2.36 bits per heavy atom. The number of ether oxygens (including phenoxy) is 1. The minimum absolute atomic E-state index is 0.0107. The van der Waals surface area contributed by atoms with Crippen LogP contribution in [0.5, 0.6) is 5.75 Å². The molecule has 1 heterocycles. The van der Waals surface area contributed by atoms with Crippen molar-refractivity contribution in [3.05, 3.63) is 53.1 Å². The molecule has 7 nitrogen and oxygen atoms in total. The van der Waals surface area contributed by atoms with Crippen molar-refractivity contribution >= 4 is 21.4 Å². The van der Waals surface area contributed by atoms with Crippen molar-refractivity contribution in [2.75, 3.05) is 43.9 Å². The lowest BCUT2D eigenvalue weighted by Gasteiger charge is -2.36. The second-order valence-electron chi connectivity index (χ2n) is 8.31. The van der Waals surface area contributed by atoms with Crippen molar-refractivity contribution in [2.24, 2.45) is 5.92 Å². The van der Waals surface area contributed by atoms with E-state index in [-0.39, 0.29) is 53.8 Å². The van der Waals surface area contributed by atoms with Gasteiger partial charge in [-0.15, -0.1) is 0 Å². The number of anilines is 1. The maximum Gasteiger partial charge on any atom is 0.257 e. The monoisotopic (exact) mass is 477 g/mol. The highest BCUT2D eigenvalue weighted by Gasteiger charge is 2.27. The molecule has 2 aromatic rings. The standard InChI is InChI=1S/C23H25F2N3O4S/c1-15(2)14-32-22-5-4-17(33(3,30)31)11-18(22)23(29)28-8-6-27(7-9-28)21-12-19(24)16(13-26)10-20(21)25/h4-5,10-12,15H,6-9,14H2,1-3H3. The van der Waals surface area contributed by atoms with Crippen LogP contribution in [0.15, 0.2) is 35.2 Å². The van der Waals surface area contributed by atoms with Crippen molar-refractivity contribution in [3.63, 3.8) is 0 Å². The third kappa shape index (κ3) is 5.60. The van der Waals surface area contributed by atoms with Crippen molar-refractivity contribution in [3.8, 4) is 11.8 Å². The summed E-state index contributed by atoms with van der Waals surface area (Å²) in [6.07, 6.45) is 1.06. The normalized spacial score (nSPS) is 14.3. The first-order chi connectivity index (χ1) is 15.5. The van der Waals surface area contributed by atoms with Gasteiger partial charge in [-0.1, -0.05) is 13.8 Å². The highest BCUT2D eigenvalue weighted by Crippen LogP contribution is 2.27. The average molecular weight is 478 g/mol. The van der Waals surface area contributed by atoms with Gasteiger partial charge in [0.1, 0.15) is 23.5 Å². The Balaban J connectivity index is 1.81. The van der Waals surface area contributed by atoms with E-state index in [9.17, 15) is 22.0 Å². The Labute approximate surface area is 192 Å². The van der Waals surface area contributed by atoms with Crippen molar-refractivity contribution in [1.82, 2.24) is 4.90 Å². The largest absolute Gasteiger partial charge is 0.492 e. The van der Waals surface area contributed by atoms with E-state index in [0.717, 1.165) is 18.4 Å². The first-order valence-electron chi connectivity index (χ1n) is 10.4. The van der Waals surface area contributed by atoms with E-state index in [1.807, 2.05) is 13.8 Å². The van der Waals surface area contributed by atoms with Crippen LogP contribution in [0.1, 0.15) is 29.8 Å². The molecule has 0 spiro atoms. The zero-order valence-corrected chi connectivity index (χ0v) is 19.5. The van der Waals surface area contributed by atoms with Gasteiger partial charge < -0.3 is 14.5 Å². The van der Waals surface area contributed by atoms with Gasteiger partial charge in [-0.05, 0) is 30.2 Å². The quantitative estimate of drug-likeness (QED) is 0.635. The molecule has 2 aromatic carbocycles. The summed E-state index contributed by atoms with van der Waals surface area (Å²) in [5.41, 5.74) is -0.203. The van der Waals surface area contributed by atoms with Crippen molar-refractivity contribution in [2.45, 2.75) is 18.7 Å². The van der Waals surface area contributed by atoms with Crippen LogP contribution in [-0.4, -0.2) is 58.3 Å². The van der Waals surface area contributed by atoms with Gasteiger partial charge in [-0.3, -0.25) is 4.79 Å². The van der Waals surface area contributed by atoms with Gasteiger partial charge in [-0.2, -0.15) is 5.26 Å². The van der Waals surface area contributed by atoms with Gasteiger partial charge in [0.25, 0.3) is 5.91 Å². The number of carbonyl (C=O) groups excluding carboxylic acids is 1. The summed E-state index contributed by atoms with van der Waals surface area (Å²) in [5, 5.41) is 8.85. The third-order valence-electron chi connectivity index (χ3n) is 5.25. The number of hydrogen-bond acceptors (Lipinski definition) is 6. The molecule has 0 atom stereocenters. The fourth-order valence-electron chi connectivity index (χ4n) is 3.47. The molecule has 33 heavy (non-hydrogen) atoms. The predicted molar refractivity (Wildman–Crippen MR) is 119 cm³/mol. The number of halogens is 2. The number of hydrogen-bond donors (Lipinski definition) is 0. The molecule has 10 heteroatoms. The van der Waals surface area contributed by atoms with Crippen LogP contribution in [-0.2, 0) is 9.84 Å². The van der Waals surface area contributed by atoms with E-state index in [1.54, 1.807) is 11.0 Å². The SMILES string of the molecule is CC(C)COc1ccc(S(C)(=O)=O)cc1C(=O)N1CCN(c2cc(F)c(C#N)cc2F)CC1. The molecule has 0 radical (unpaired) electrons. The molecule has 1 amide bonds. The molecule has 0 aromatic heterocycles. The number of benzene rings is 2. The lowest BCUT2D eigenvalue weighted by molar-refractivity contribution is 0.0741. The Bertz CT molecular complexity index is 1200. The number of nitrogens with zero attached hydrogens (tertiary/aromatic N) is 3. The van der Waals surface area contributed by atoms with E-state index in [4.69, 9.17) is 10.00 Å². The maximum atomic E-state index is 14.4. The smallest absolute Gasteiger partial charge is 0.257 e. The summed E-state index contributed by atoms with van der Waals surface area (Å²) in [4.78, 5) is 16.4. The van der Waals surface area contributed by atoms with E-state index >= 15 is 0 Å². The zero-order chi connectivity index (χ0) is 24.3. The Hall–Kier alpha value is -3.19. The minimum atomic E-state index is -3.53. The first-order valence-corrected chi connectivity index (χ1v) is 12.3. The number of carbonyl (C=O) groups is 1. The van der Waals surface area contributed by atoms with Gasteiger partial charge >= 0.3 is 0 Å². The highest BCUT2D eigenvalue weighted by atomic mass is 32.2.